The third-order valence-electron chi connectivity index (χ3n) is 2.73. The highest BCUT2D eigenvalue weighted by molar-refractivity contribution is 9.09. The van der Waals surface area contributed by atoms with Crippen molar-refractivity contribution in [1.82, 2.24) is 0 Å². The van der Waals surface area contributed by atoms with Crippen molar-refractivity contribution in [3.8, 4) is 0 Å². The second-order valence-corrected chi connectivity index (χ2v) is 4.93. The van der Waals surface area contributed by atoms with Gasteiger partial charge in [-0.25, -0.2) is 0 Å². The molecule has 2 atom stereocenters. The summed E-state index contributed by atoms with van der Waals surface area (Å²) < 4.78 is 5.31. The van der Waals surface area contributed by atoms with Gasteiger partial charge >= 0.3 is 0 Å². The van der Waals surface area contributed by atoms with E-state index in [1.165, 1.54) is 12.8 Å². The molecule has 1 heterocycles. The molecule has 1 saturated heterocycles. The molecule has 0 aromatic rings. The average Bonchev–Trinajstić information content (AvgIpc) is 2.05. The van der Waals surface area contributed by atoms with E-state index in [1.54, 1.807) is 0 Å². The van der Waals surface area contributed by atoms with Crippen LogP contribution in [0.5, 0.6) is 0 Å². The van der Waals surface area contributed by atoms with Gasteiger partial charge in [-0.15, -0.1) is 0 Å². The van der Waals surface area contributed by atoms with Gasteiger partial charge in [-0.1, -0.05) is 29.8 Å². The van der Waals surface area contributed by atoms with Gasteiger partial charge in [-0.2, -0.15) is 0 Å². The molecule has 0 amide bonds. The van der Waals surface area contributed by atoms with Crippen LogP contribution in [-0.2, 0) is 4.74 Å². The Hall–Kier alpha value is 0.440. The van der Waals surface area contributed by atoms with Gasteiger partial charge in [0.2, 0.25) is 0 Å². The van der Waals surface area contributed by atoms with Crippen molar-refractivity contribution in [2.45, 2.75) is 31.5 Å². The Morgan fingerprint density at radius 1 is 1.27 bits per heavy atom. The molecule has 0 bridgehead atoms. The van der Waals surface area contributed by atoms with Gasteiger partial charge in [-0.05, 0) is 24.7 Å². The van der Waals surface area contributed by atoms with Crippen LogP contribution in [0.15, 0.2) is 0 Å². The molecule has 1 aliphatic rings. The SMILES string of the molecule is CC(Br)C(C)C1CCOCC1. The second-order valence-electron chi connectivity index (χ2n) is 3.49. The van der Waals surface area contributed by atoms with E-state index in [-0.39, 0.29) is 0 Å². The average molecular weight is 221 g/mol. The maximum Gasteiger partial charge on any atom is 0.0468 e. The zero-order valence-corrected chi connectivity index (χ0v) is 8.93. The molecule has 0 aromatic carbocycles. The van der Waals surface area contributed by atoms with Gasteiger partial charge in [0.25, 0.3) is 0 Å². The minimum absolute atomic E-state index is 0.644. The summed E-state index contributed by atoms with van der Waals surface area (Å²) in [6.07, 6.45) is 2.49. The van der Waals surface area contributed by atoms with Crippen molar-refractivity contribution in [3.05, 3.63) is 0 Å². The molecule has 11 heavy (non-hydrogen) atoms. The minimum Gasteiger partial charge on any atom is -0.381 e. The monoisotopic (exact) mass is 220 g/mol. The molecule has 0 aliphatic carbocycles. The van der Waals surface area contributed by atoms with Crippen molar-refractivity contribution >= 4 is 15.9 Å². The molecule has 1 nitrogen and oxygen atoms in total. The van der Waals surface area contributed by atoms with Crippen molar-refractivity contribution < 1.29 is 4.74 Å². The maximum atomic E-state index is 5.31. The number of hydrogen-bond acceptors (Lipinski definition) is 1. The molecule has 0 spiro atoms. The van der Waals surface area contributed by atoms with E-state index in [9.17, 15) is 0 Å². The van der Waals surface area contributed by atoms with E-state index in [0.717, 1.165) is 25.0 Å². The molecule has 0 aromatic heterocycles. The summed E-state index contributed by atoms with van der Waals surface area (Å²) in [4.78, 5) is 0.644. The number of rotatable bonds is 2. The largest absolute Gasteiger partial charge is 0.381 e. The fourth-order valence-electron chi connectivity index (χ4n) is 1.62. The number of hydrogen-bond donors (Lipinski definition) is 0. The van der Waals surface area contributed by atoms with E-state index in [2.05, 4.69) is 29.8 Å². The first-order valence-corrected chi connectivity index (χ1v) is 5.35. The summed E-state index contributed by atoms with van der Waals surface area (Å²) in [6.45, 7) is 6.50. The van der Waals surface area contributed by atoms with Crippen LogP contribution < -0.4 is 0 Å². The van der Waals surface area contributed by atoms with Crippen LogP contribution in [0.3, 0.4) is 0 Å². The summed E-state index contributed by atoms with van der Waals surface area (Å²) in [7, 11) is 0. The first kappa shape index (κ1) is 9.53. The van der Waals surface area contributed by atoms with Crippen LogP contribution in [0.2, 0.25) is 0 Å². The van der Waals surface area contributed by atoms with E-state index in [0.29, 0.717) is 4.83 Å². The van der Waals surface area contributed by atoms with Gasteiger partial charge in [0.15, 0.2) is 0 Å². The third-order valence-corrected chi connectivity index (χ3v) is 3.57. The van der Waals surface area contributed by atoms with Crippen molar-refractivity contribution in [2.75, 3.05) is 13.2 Å². The lowest BCUT2D eigenvalue weighted by molar-refractivity contribution is 0.0500. The molecule has 2 unspecified atom stereocenters. The predicted molar refractivity (Wildman–Crippen MR) is 51.1 cm³/mol. The van der Waals surface area contributed by atoms with Gasteiger partial charge < -0.3 is 4.74 Å². The zero-order valence-electron chi connectivity index (χ0n) is 7.35. The van der Waals surface area contributed by atoms with Crippen LogP contribution in [0.25, 0.3) is 0 Å². The molecular formula is C9H17BrO. The number of halogens is 1. The highest BCUT2D eigenvalue weighted by atomic mass is 79.9. The van der Waals surface area contributed by atoms with Crippen LogP contribution in [0.1, 0.15) is 26.7 Å². The van der Waals surface area contributed by atoms with Gasteiger partial charge in [0, 0.05) is 18.0 Å². The van der Waals surface area contributed by atoms with Gasteiger partial charge in [0.05, 0.1) is 0 Å². The molecule has 2 heteroatoms. The Bertz CT molecular complexity index is 108. The summed E-state index contributed by atoms with van der Waals surface area (Å²) in [6, 6.07) is 0. The van der Waals surface area contributed by atoms with Gasteiger partial charge in [-0.3, -0.25) is 0 Å². The normalized spacial score (nSPS) is 26.5. The summed E-state index contributed by atoms with van der Waals surface area (Å²) in [5.74, 6) is 1.66. The maximum absolute atomic E-state index is 5.31. The molecule has 1 rings (SSSR count). The smallest absolute Gasteiger partial charge is 0.0468 e. The molecule has 0 saturated carbocycles. The van der Waals surface area contributed by atoms with E-state index in [1.807, 2.05) is 0 Å². The Kier molecular flexibility index (Phi) is 3.86. The lowest BCUT2D eigenvalue weighted by Gasteiger charge is -2.29. The number of ether oxygens (including phenoxy) is 1. The highest BCUT2D eigenvalue weighted by Gasteiger charge is 2.22. The Balaban J connectivity index is 2.32. The van der Waals surface area contributed by atoms with Crippen LogP contribution >= 0.6 is 15.9 Å². The molecule has 66 valence electrons. The van der Waals surface area contributed by atoms with E-state index >= 15 is 0 Å². The van der Waals surface area contributed by atoms with Crippen molar-refractivity contribution in [2.24, 2.45) is 11.8 Å². The third kappa shape index (κ3) is 2.75. The summed E-state index contributed by atoms with van der Waals surface area (Å²) >= 11 is 3.63. The lowest BCUT2D eigenvalue weighted by Crippen LogP contribution is -2.25. The molecule has 1 fully saturated rings. The molecule has 0 radical (unpaired) electrons. The first-order chi connectivity index (χ1) is 5.22. The fourth-order valence-corrected chi connectivity index (χ4v) is 2.05. The predicted octanol–water partition coefficient (Wildman–Crippen LogP) is 2.83. The standard InChI is InChI=1S/C9H17BrO/c1-7(8(2)10)9-3-5-11-6-4-9/h7-9H,3-6H2,1-2H3. The summed E-state index contributed by atoms with van der Waals surface area (Å²) in [5.41, 5.74) is 0. The van der Waals surface area contributed by atoms with Crippen LogP contribution in [-0.4, -0.2) is 18.0 Å². The van der Waals surface area contributed by atoms with Crippen LogP contribution in [0.4, 0.5) is 0 Å². The Morgan fingerprint density at radius 2 is 1.82 bits per heavy atom. The second kappa shape index (κ2) is 4.46. The van der Waals surface area contributed by atoms with E-state index in [4.69, 9.17) is 4.74 Å². The molecular weight excluding hydrogens is 204 g/mol. The summed E-state index contributed by atoms with van der Waals surface area (Å²) in [5, 5.41) is 0. The van der Waals surface area contributed by atoms with Crippen molar-refractivity contribution in [3.63, 3.8) is 0 Å². The topological polar surface area (TPSA) is 9.23 Å². The first-order valence-electron chi connectivity index (χ1n) is 4.43. The Morgan fingerprint density at radius 3 is 2.27 bits per heavy atom. The number of alkyl halides is 1. The lowest BCUT2D eigenvalue weighted by atomic mass is 9.86. The zero-order chi connectivity index (χ0) is 8.27. The van der Waals surface area contributed by atoms with E-state index < -0.39 is 0 Å². The van der Waals surface area contributed by atoms with Crippen LogP contribution in [0, 0.1) is 11.8 Å². The van der Waals surface area contributed by atoms with Gasteiger partial charge in [0.1, 0.15) is 0 Å². The Labute approximate surface area is 77.6 Å². The molecule has 0 N–H and O–H groups in total. The minimum atomic E-state index is 0.644. The highest BCUT2D eigenvalue weighted by Crippen LogP contribution is 2.28. The molecule has 1 aliphatic heterocycles. The fraction of sp³-hybridized carbons (Fsp3) is 1.00. The quantitative estimate of drug-likeness (QED) is 0.651. The van der Waals surface area contributed by atoms with Crippen molar-refractivity contribution in [1.29, 1.82) is 0 Å².